The van der Waals surface area contributed by atoms with Crippen LogP contribution in [0.25, 0.3) is 0 Å². The summed E-state index contributed by atoms with van der Waals surface area (Å²) in [7, 11) is 0. The molecule has 3 aromatic rings. The van der Waals surface area contributed by atoms with Crippen LogP contribution in [0.1, 0.15) is 67.2 Å². The van der Waals surface area contributed by atoms with Crippen LogP contribution in [-0.2, 0) is 18.8 Å². The minimum Gasteiger partial charge on any atom is -0.370 e. The standard InChI is InChI=1S/C32H36FN3O/c1-23-20-31(14-8-9-15-31)36-29-27(23)18-26(33)19-28(29)32(30(36)37)34(21-24-10-4-2-5-11-24)16-17-35(32)22-25-12-6-3-7-13-25/h2-7,10-13,18-19,23,30,37H,8-9,14-17,20-22H2,1H3/t23-,30+/m1/s1. The van der Waals surface area contributed by atoms with Crippen LogP contribution >= 0.6 is 0 Å². The molecule has 3 aliphatic heterocycles. The number of aliphatic hydroxyl groups excluding tert-OH is 1. The fourth-order valence-electron chi connectivity index (χ4n) is 8.20. The molecule has 3 aromatic carbocycles. The lowest BCUT2D eigenvalue weighted by Gasteiger charge is -2.51. The fraction of sp³-hybridized carbons (Fsp3) is 0.438. The van der Waals surface area contributed by atoms with E-state index in [2.05, 4.69) is 70.2 Å². The van der Waals surface area contributed by atoms with Crippen LogP contribution in [-0.4, -0.2) is 39.8 Å². The summed E-state index contributed by atoms with van der Waals surface area (Å²) in [4.78, 5) is 7.22. The molecule has 1 saturated carbocycles. The van der Waals surface area contributed by atoms with Crippen molar-refractivity contribution in [3.8, 4) is 0 Å². The normalized spacial score (nSPS) is 25.9. The first-order chi connectivity index (χ1) is 18.0. The van der Waals surface area contributed by atoms with E-state index in [0.29, 0.717) is 13.1 Å². The van der Waals surface area contributed by atoms with Gasteiger partial charge in [-0.1, -0.05) is 80.4 Å². The molecule has 0 aromatic heterocycles. The lowest BCUT2D eigenvalue weighted by molar-refractivity contribution is -0.0992. The summed E-state index contributed by atoms with van der Waals surface area (Å²) in [6, 6.07) is 24.5. The second kappa shape index (κ2) is 8.65. The van der Waals surface area contributed by atoms with Crippen molar-refractivity contribution in [2.75, 3.05) is 18.0 Å². The number of rotatable bonds is 4. The van der Waals surface area contributed by atoms with E-state index >= 15 is 4.39 Å². The lowest BCUT2D eigenvalue weighted by atomic mass is 9.77. The molecule has 1 N–H and O–H groups in total. The fourth-order valence-corrected chi connectivity index (χ4v) is 8.20. The summed E-state index contributed by atoms with van der Waals surface area (Å²) < 4.78 is 15.4. The smallest absolute Gasteiger partial charge is 0.164 e. The minimum absolute atomic E-state index is 0.0542. The number of hydrogen-bond acceptors (Lipinski definition) is 4. The molecule has 2 atom stereocenters. The molecule has 7 rings (SSSR count). The van der Waals surface area contributed by atoms with Crippen molar-refractivity contribution in [3.05, 3.63) is 101 Å². The van der Waals surface area contributed by atoms with Crippen LogP contribution in [0, 0.1) is 5.82 Å². The molecule has 37 heavy (non-hydrogen) atoms. The summed E-state index contributed by atoms with van der Waals surface area (Å²) in [5.41, 5.74) is 4.69. The quantitative estimate of drug-likeness (QED) is 0.482. The zero-order chi connectivity index (χ0) is 25.2. The van der Waals surface area contributed by atoms with Crippen molar-refractivity contribution in [2.24, 2.45) is 0 Å². The summed E-state index contributed by atoms with van der Waals surface area (Å²) in [6.07, 6.45) is 4.79. The molecule has 0 radical (unpaired) electrons. The highest BCUT2D eigenvalue weighted by atomic mass is 19.1. The van der Waals surface area contributed by atoms with Crippen molar-refractivity contribution in [2.45, 2.75) is 75.5 Å². The van der Waals surface area contributed by atoms with E-state index in [1.807, 2.05) is 12.1 Å². The Kier molecular flexibility index (Phi) is 5.47. The molecule has 2 spiro atoms. The Morgan fingerprint density at radius 1 is 0.865 bits per heavy atom. The van der Waals surface area contributed by atoms with Gasteiger partial charge in [-0.15, -0.1) is 0 Å². The zero-order valence-electron chi connectivity index (χ0n) is 21.6. The molecule has 192 valence electrons. The molecule has 0 amide bonds. The summed E-state index contributed by atoms with van der Waals surface area (Å²) in [6.45, 7) is 5.32. The Morgan fingerprint density at radius 3 is 2.00 bits per heavy atom. The lowest BCUT2D eigenvalue weighted by Crippen LogP contribution is -2.63. The first kappa shape index (κ1) is 23.4. The second-order valence-electron chi connectivity index (χ2n) is 11.7. The maximum Gasteiger partial charge on any atom is 0.164 e. The van der Waals surface area contributed by atoms with Gasteiger partial charge in [-0.2, -0.15) is 0 Å². The maximum atomic E-state index is 15.4. The largest absolute Gasteiger partial charge is 0.370 e. The molecule has 4 aliphatic rings. The molecular formula is C32H36FN3O. The average Bonchev–Trinajstić information content (AvgIpc) is 3.57. The van der Waals surface area contributed by atoms with Crippen molar-refractivity contribution in [1.29, 1.82) is 0 Å². The molecular weight excluding hydrogens is 461 g/mol. The number of anilines is 1. The van der Waals surface area contributed by atoms with E-state index in [1.54, 1.807) is 12.1 Å². The van der Waals surface area contributed by atoms with Gasteiger partial charge in [0.05, 0.1) is 0 Å². The molecule has 3 heterocycles. The van der Waals surface area contributed by atoms with Crippen LogP contribution < -0.4 is 4.90 Å². The molecule has 0 bridgehead atoms. The number of halogens is 1. The van der Waals surface area contributed by atoms with Crippen LogP contribution in [0.5, 0.6) is 0 Å². The summed E-state index contributed by atoms with van der Waals surface area (Å²) in [5, 5.41) is 12.6. The van der Waals surface area contributed by atoms with E-state index in [9.17, 15) is 5.11 Å². The van der Waals surface area contributed by atoms with Crippen molar-refractivity contribution in [3.63, 3.8) is 0 Å². The van der Waals surface area contributed by atoms with E-state index in [4.69, 9.17) is 0 Å². The average molecular weight is 498 g/mol. The Labute approximate surface area is 219 Å². The number of fused-ring (bicyclic) bond motifs is 2. The van der Waals surface area contributed by atoms with Crippen LogP contribution in [0.15, 0.2) is 72.8 Å². The number of nitrogens with zero attached hydrogens (tertiary/aromatic N) is 3. The van der Waals surface area contributed by atoms with Gasteiger partial charge in [0.15, 0.2) is 6.23 Å². The summed E-state index contributed by atoms with van der Waals surface area (Å²) in [5.74, 6) is 0.0790. The topological polar surface area (TPSA) is 30.0 Å². The predicted octanol–water partition coefficient (Wildman–Crippen LogP) is 5.95. The van der Waals surface area contributed by atoms with Gasteiger partial charge in [0.2, 0.25) is 0 Å². The van der Waals surface area contributed by atoms with Gasteiger partial charge < -0.3 is 10.0 Å². The highest BCUT2D eigenvalue weighted by Crippen LogP contribution is 2.62. The van der Waals surface area contributed by atoms with E-state index < -0.39 is 11.9 Å². The van der Waals surface area contributed by atoms with E-state index in [-0.39, 0.29) is 17.3 Å². The zero-order valence-corrected chi connectivity index (χ0v) is 21.6. The Bertz CT molecular complexity index is 1240. The number of aliphatic hydroxyl groups is 1. The molecule has 4 nitrogen and oxygen atoms in total. The highest BCUT2D eigenvalue weighted by molar-refractivity contribution is 5.72. The van der Waals surface area contributed by atoms with Crippen LogP contribution in [0.2, 0.25) is 0 Å². The Balaban J connectivity index is 1.43. The number of hydrogen-bond donors (Lipinski definition) is 1. The molecule has 1 aliphatic carbocycles. The van der Waals surface area contributed by atoms with Crippen LogP contribution in [0.4, 0.5) is 10.1 Å². The van der Waals surface area contributed by atoms with E-state index in [1.165, 1.54) is 24.0 Å². The first-order valence-corrected chi connectivity index (χ1v) is 13.9. The van der Waals surface area contributed by atoms with Gasteiger partial charge in [0, 0.05) is 43.0 Å². The monoisotopic (exact) mass is 497 g/mol. The molecule has 0 unspecified atom stereocenters. The molecule has 2 fully saturated rings. The maximum absolute atomic E-state index is 15.4. The third-order valence-electron chi connectivity index (χ3n) is 9.65. The second-order valence-corrected chi connectivity index (χ2v) is 11.7. The first-order valence-electron chi connectivity index (χ1n) is 13.9. The van der Waals surface area contributed by atoms with Crippen LogP contribution in [0.3, 0.4) is 0 Å². The minimum atomic E-state index is -0.808. The predicted molar refractivity (Wildman–Crippen MR) is 144 cm³/mol. The Hall–Kier alpha value is -2.73. The third kappa shape index (κ3) is 3.37. The SMILES string of the molecule is C[C@@H]1CC2(CCCC2)N2c3c1cc(F)cc3C1([C@@H]2O)N(Cc2ccccc2)CCN1Cc1ccccc1. The van der Waals surface area contributed by atoms with Crippen molar-refractivity contribution < 1.29 is 9.50 Å². The highest BCUT2D eigenvalue weighted by Gasteiger charge is 2.65. The Morgan fingerprint density at radius 2 is 1.43 bits per heavy atom. The van der Waals surface area contributed by atoms with Gasteiger partial charge in [-0.25, -0.2) is 4.39 Å². The van der Waals surface area contributed by atoms with Gasteiger partial charge in [-0.05, 0) is 54.0 Å². The van der Waals surface area contributed by atoms with Gasteiger partial charge in [-0.3, -0.25) is 9.80 Å². The molecule has 5 heteroatoms. The summed E-state index contributed by atoms with van der Waals surface area (Å²) >= 11 is 0. The van der Waals surface area contributed by atoms with Crippen molar-refractivity contribution in [1.82, 2.24) is 9.80 Å². The third-order valence-corrected chi connectivity index (χ3v) is 9.65. The van der Waals surface area contributed by atoms with Crippen molar-refractivity contribution >= 4 is 5.69 Å². The van der Waals surface area contributed by atoms with Gasteiger partial charge >= 0.3 is 0 Å². The van der Waals surface area contributed by atoms with Gasteiger partial charge in [0.1, 0.15) is 11.5 Å². The number of benzene rings is 3. The van der Waals surface area contributed by atoms with E-state index in [0.717, 1.165) is 49.2 Å². The molecule has 1 saturated heterocycles. The van der Waals surface area contributed by atoms with Gasteiger partial charge in [0.25, 0.3) is 0 Å².